The highest BCUT2D eigenvalue weighted by Gasteiger charge is 2.19. The Morgan fingerprint density at radius 3 is 2.76 bits per heavy atom. The van der Waals surface area contributed by atoms with Crippen LogP contribution in [0.5, 0.6) is 5.75 Å². The van der Waals surface area contributed by atoms with Crippen LogP contribution >= 0.6 is 11.3 Å². The third kappa shape index (κ3) is 4.54. The van der Waals surface area contributed by atoms with Gasteiger partial charge in [0.1, 0.15) is 9.88 Å². The fraction of sp³-hybridized carbons (Fsp3) is 0.353. The van der Waals surface area contributed by atoms with Crippen LogP contribution < -0.4 is 10.1 Å². The number of hydrogen-bond donors (Lipinski definition) is 2. The van der Waals surface area contributed by atoms with E-state index < -0.39 is 17.8 Å². The quantitative estimate of drug-likeness (QED) is 0.786. The summed E-state index contributed by atoms with van der Waals surface area (Å²) in [4.78, 5) is 27.5. The van der Waals surface area contributed by atoms with Gasteiger partial charge in [0.05, 0.1) is 18.8 Å². The number of nitrogens with zero attached hydrogens (tertiary/aromatic N) is 1. The highest BCUT2D eigenvalue weighted by molar-refractivity contribution is 7.13. The number of aromatic carboxylic acids is 1. The molecule has 1 unspecified atom stereocenters. The van der Waals surface area contributed by atoms with Gasteiger partial charge in [-0.1, -0.05) is 12.1 Å². The van der Waals surface area contributed by atoms with E-state index in [2.05, 4.69) is 10.3 Å². The first-order chi connectivity index (χ1) is 11.8. The molecule has 0 aliphatic carbocycles. The summed E-state index contributed by atoms with van der Waals surface area (Å²) in [6, 6.07) is 4.38. The zero-order valence-corrected chi connectivity index (χ0v) is 14.9. The Hall–Kier alpha value is -2.48. The smallest absolute Gasteiger partial charge is 0.347 e. The molecule has 0 fully saturated rings. The number of nitrogens with one attached hydrogen (secondary N) is 1. The zero-order chi connectivity index (χ0) is 18.6. The average Bonchev–Trinajstić information content (AvgIpc) is 2.96. The molecule has 1 atom stereocenters. The summed E-state index contributed by atoms with van der Waals surface area (Å²) in [6.07, 6.45) is 0.337. The summed E-state index contributed by atoms with van der Waals surface area (Å²) in [7, 11) is 1.39. The van der Waals surface area contributed by atoms with Crippen molar-refractivity contribution in [2.24, 2.45) is 0 Å². The maximum Gasteiger partial charge on any atom is 0.347 e. The van der Waals surface area contributed by atoms with Crippen LogP contribution in [0.15, 0.2) is 18.2 Å². The topological polar surface area (TPSA) is 88.5 Å². The molecule has 1 heterocycles. The highest BCUT2D eigenvalue weighted by atomic mass is 32.1. The van der Waals surface area contributed by atoms with Crippen LogP contribution in [0.4, 0.5) is 4.39 Å². The number of hydrogen-bond acceptors (Lipinski definition) is 5. The molecule has 0 bridgehead atoms. The van der Waals surface area contributed by atoms with Gasteiger partial charge in [-0.3, -0.25) is 4.79 Å². The van der Waals surface area contributed by atoms with E-state index in [0.717, 1.165) is 11.3 Å². The van der Waals surface area contributed by atoms with Crippen molar-refractivity contribution in [3.05, 3.63) is 45.2 Å². The van der Waals surface area contributed by atoms with E-state index in [1.54, 1.807) is 26.0 Å². The molecule has 2 N–H and O–H groups in total. The lowest BCUT2D eigenvalue weighted by Crippen LogP contribution is -2.26. The summed E-state index contributed by atoms with van der Waals surface area (Å²) in [5, 5.41) is 12.3. The van der Waals surface area contributed by atoms with E-state index in [4.69, 9.17) is 9.84 Å². The number of aryl methyl sites for hydroxylation is 2. The molecule has 0 aliphatic rings. The Labute approximate surface area is 148 Å². The molecule has 2 rings (SSSR count). The Kier molecular flexibility index (Phi) is 6.08. The standard InChI is InChI=1S/C17H19FN2O4S/c1-9-15(17(22)23)25-16(20-9)10(2)19-13(21)8-7-11-5-4-6-12(24-3)14(11)18/h4-6,10H,7-8H2,1-3H3,(H,19,21)(H,22,23). The van der Waals surface area contributed by atoms with Gasteiger partial charge in [-0.25, -0.2) is 14.2 Å². The number of amides is 1. The molecule has 2 aromatic rings. The SMILES string of the molecule is COc1cccc(CCC(=O)NC(C)c2nc(C)c(C(=O)O)s2)c1F. The second-order valence-electron chi connectivity index (χ2n) is 5.49. The number of methoxy groups -OCH3 is 1. The minimum atomic E-state index is -1.03. The molecule has 0 spiro atoms. The van der Waals surface area contributed by atoms with Crippen LogP contribution in [-0.2, 0) is 11.2 Å². The highest BCUT2D eigenvalue weighted by Crippen LogP contribution is 2.24. The van der Waals surface area contributed by atoms with E-state index in [-0.39, 0.29) is 29.4 Å². The number of carboxylic acid groups (broad SMARTS) is 1. The van der Waals surface area contributed by atoms with Crippen molar-refractivity contribution in [1.82, 2.24) is 10.3 Å². The summed E-state index contributed by atoms with van der Waals surface area (Å²) in [5.41, 5.74) is 0.826. The van der Waals surface area contributed by atoms with E-state index in [1.165, 1.54) is 13.2 Å². The number of rotatable bonds is 7. The monoisotopic (exact) mass is 366 g/mol. The molecule has 6 nitrogen and oxygen atoms in total. The Balaban J connectivity index is 1.96. The molecular formula is C17H19FN2O4S. The minimum Gasteiger partial charge on any atom is -0.494 e. The van der Waals surface area contributed by atoms with Crippen LogP contribution in [0.1, 0.15) is 45.3 Å². The summed E-state index contributed by atoms with van der Waals surface area (Å²) >= 11 is 1.04. The van der Waals surface area contributed by atoms with Crippen molar-refractivity contribution in [3.8, 4) is 5.75 Å². The van der Waals surface area contributed by atoms with Crippen LogP contribution in [0, 0.1) is 12.7 Å². The van der Waals surface area contributed by atoms with Crippen LogP contribution in [0.3, 0.4) is 0 Å². The van der Waals surface area contributed by atoms with Crippen LogP contribution in [0.2, 0.25) is 0 Å². The van der Waals surface area contributed by atoms with Gasteiger partial charge in [-0.05, 0) is 31.9 Å². The second-order valence-corrected chi connectivity index (χ2v) is 6.53. The molecule has 134 valence electrons. The van der Waals surface area contributed by atoms with E-state index >= 15 is 0 Å². The molecule has 1 aromatic heterocycles. The normalized spacial score (nSPS) is 11.8. The third-order valence-corrected chi connectivity index (χ3v) is 4.97. The van der Waals surface area contributed by atoms with Gasteiger partial charge in [0, 0.05) is 6.42 Å². The van der Waals surface area contributed by atoms with Crippen molar-refractivity contribution in [3.63, 3.8) is 0 Å². The Bertz CT molecular complexity index is 791. The van der Waals surface area contributed by atoms with E-state index in [0.29, 0.717) is 16.3 Å². The van der Waals surface area contributed by atoms with Gasteiger partial charge in [0.25, 0.3) is 0 Å². The molecule has 0 aliphatic heterocycles. The molecule has 1 amide bonds. The third-order valence-electron chi connectivity index (χ3n) is 3.64. The van der Waals surface area contributed by atoms with Gasteiger partial charge in [0.15, 0.2) is 11.6 Å². The molecule has 1 aromatic carbocycles. The van der Waals surface area contributed by atoms with Gasteiger partial charge in [-0.15, -0.1) is 11.3 Å². The van der Waals surface area contributed by atoms with E-state index in [9.17, 15) is 14.0 Å². The molecular weight excluding hydrogens is 347 g/mol. The Morgan fingerprint density at radius 1 is 1.44 bits per heavy atom. The number of halogens is 1. The Morgan fingerprint density at radius 2 is 2.16 bits per heavy atom. The van der Waals surface area contributed by atoms with Crippen LogP contribution in [0.25, 0.3) is 0 Å². The lowest BCUT2D eigenvalue weighted by molar-refractivity contribution is -0.121. The number of carbonyl (C=O) groups is 2. The number of aromatic nitrogens is 1. The number of benzene rings is 1. The van der Waals surface area contributed by atoms with Crippen molar-refractivity contribution in [2.45, 2.75) is 32.7 Å². The first kappa shape index (κ1) is 18.9. The lowest BCUT2D eigenvalue weighted by Gasteiger charge is -2.12. The fourth-order valence-electron chi connectivity index (χ4n) is 2.33. The maximum absolute atomic E-state index is 14.1. The first-order valence-electron chi connectivity index (χ1n) is 7.64. The second kappa shape index (κ2) is 8.06. The van der Waals surface area contributed by atoms with Crippen molar-refractivity contribution >= 4 is 23.2 Å². The van der Waals surface area contributed by atoms with Crippen LogP contribution in [-0.4, -0.2) is 29.1 Å². The lowest BCUT2D eigenvalue weighted by atomic mass is 10.1. The van der Waals surface area contributed by atoms with Crippen molar-refractivity contribution < 1.29 is 23.8 Å². The zero-order valence-electron chi connectivity index (χ0n) is 14.1. The summed E-state index contributed by atoms with van der Waals surface area (Å²) in [6.45, 7) is 3.34. The van der Waals surface area contributed by atoms with Crippen molar-refractivity contribution in [2.75, 3.05) is 7.11 Å². The van der Waals surface area contributed by atoms with E-state index in [1.807, 2.05) is 0 Å². The van der Waals surface area contributed by atoms with Gasteiger partial charge < -0.3 is 15.2 Å². The number of thiazole rings is 1. The molecule has 8 heteroatoms. The number of carbonyl (C=O) groups excluding carboxylic acids is 1. The molecule has 25 heavy (non-hydrogen) atoms. The predicted molar refractivity (Wildman–Crippen MR) is 91.6 cm³/mol. The summed E-state index contributed by atoms with van der Waals surface area (Å²) in [5.74, 6) is -1.62. The number of carboxylic acids is 1. The van der Waals surface area contributed by atoms with Gasteiger partial charge >= 0.3 is 5.97 Å². The first-order valence-corrected chi connectivity index (χ1v) is 8.46. The maximum atomic E-state index is 14.1. The van der Waals surface area contributed by atoms with Gasteiger partial charge in [-0.2, -0.15) is 0 Å². The minimum absolute atomic E-state index is 0.102. The fourth-order valence-corrected chi connectivity index (χ4v) is 3.24. The van der Waals surface area contributed by atoms with Crippen molar-refractivity contribution in [1.29, 1.82) is 0 Å². The molecule has 0 saturated carbocycles. The molecule has 0 saturated heterocycles. The molecule has 0 radical (unpaired) electrons. The predicted octanol–water partition coefficient (Wildman–Crippen LogP) is 3.11. The average molecular weight is 366 g/mol. The largest absolute Gasteiger partial charge is 0.494 e. The van der Waals surface area contributed by atoms with Gasteiger partial charge in [0.2, 0.25) is 5.91 Å². The number of ether oxygens (including phenoxy) is 1. The summed E-state index contributed by atoms with van der Waals surface area (Å²) < 4.78 is 19.0.